The SMILES string of the molecule is COc1ccccc1CNC(=O)[C@H](C)SCc1nc(N)nc(N(C)C)n1. The smallest absolute Gasteiger partial charge is 0.233 e. The number of benzene rings is 1. The second kappa shape index (κ2) is 9.23. The van der Waals surface area contributed by atoms with Crippen molar-refractivity contribution in [1.29, 1.82) is 0 Å². The van der Waals surface area contributed by atoms with Gasteiger partial charge in [-0.1, -0.05) is 18.2 Å². The first-order valence-corrected chi connectivity index (χ1v) is 9.14. The van der Waals surface area contributed by atoms with Crippen LogP contribution in [0.1, 0.15) is 18.3 Å². The number of hydrogen-bond donors (Lipinski definition) is 2. The van der Waals surface area contributed by atoms with E-state index in [1.165, 1.54) is 11.8 Å². The van der Waals surface area contributed by atoms with Crippen molar-refractivity contribution in [2.24, 2.45) is 0 Å². The molecule has 8 nitrogen and oxygen atoms in total. The lowest BCUT2D eigenvalue weighted by atomic mass is 10.2. The molecule has 1 heterocycles. The molecule has 26 heavy (non-hydrogen) atoms. The fraction of sp³-hybridized carbons (Fsp3) is 0.412. The molecule has 1 amide bonds. The highest BCUT2D eigenvalue weighted by Crippen LogP contribution is 2.19. The number of nitrogens with two attached hydrogens (primary N) is 1. The van der Waals surface area contributed by atoms with E-state index < -0.39 is 0 Å². The molecule has 0 aliphatic rings. The van der Waals surface area contributed by atoms with Crippen LogP contribution in [0.15, 0.2) is 24.3 Å². The highest BCUT2D eigenvalue weighted by molar-refractivity contribution is 7.99. The molecule has 1 atom stereocenters. The second-order valence-corrected chi connectivity index (χ2v) is 7.12. The number of carbonyl (C=O) groups is 1. The van der Waals surface area contributed by atoms with E-state index >= 15 is 0 Å². The standard InChI is InChI=1S/C17H24N6O2S/c1-11(15(24)19-9-12-7-5-6-8-13(12)25-4)26-10-14-20-16(18)22-17(21-14)23(2)3/h5-8,11H,9-10H2,1-4H3,(H,19,24)(H2,18,20,21,22)/t11-/m0/s1. The Bertz CT molecular complexity index is 756. The second-order valence-electron chi connectivity index (χ2n) is 5.79. The Morgan fingerprint density at radius 3 is 2.73 bits per heavy atom. The van der Waals surface area contributed by atoms with Crippen LogP contribution in [0.3, 0.4) is 0 Å². The third-order valence-corrected chi connectivity index (χ3v) is 4.70. The van der Waals surface area contributed by atoms with E-state index in [1.54, 1.807) is 12.0 Å². The number of rotatable bonds is 8. The third kappa shape index (κ3) is 5.48. The number of carbonyl (C=O) groups excluding carboxylic acids is 1. The largest absolute Gasteiger partial charge is 0.496 e. The van der Waals surface area contributed by atoms with E-state index in [0.717, 1.165) is 11.3 Å². The summed E-state index contributed by atoms with van der Waals surface area (Å²) in [5.41, 5.74) is 6.65. The molecule has 0 saturated heterocycles. The lowest BCUT2D eigenvalue weighted by molar-refractivity contribution is -0.120. The van der Waals surface area contributed by atoms with Gasteiger partial charge in [-0.25, -0.2) is 0 Å². The van der Waals surface area contributed by atoms with E-state index in [4.69, 9.17) is 10.5 Å². The van der Waals surface area contributed by atoms with Gasteiger partial charge in [-0.05, 0) is 13.0 Å². The van der Waals surface area contributed by atoms with Gasteiger partial charge in [-0.15, -0.1) is 11.8 Å². The lowest BCUT2D eigenvalue weighted by Gasteiger charge is -2.14. The quantitative estimate of drug-likeness (QED) is 0.713. The zero-order valence-corrected chi connectivity index (χ0v) is 16.2. The summed E-state index contributed by atoms with van der Waals surface area (Å²) in [7, 11) is 5.28. The number of nitrogens with one attached hydrogen (secondary N) is 1. The van der Waals surface area contributed by atoms with Crippen LogP contribution in [0.5, 0.6) is 5.75 Å². The molecule has 0 aliphatic carbocycles. The minimum absolute atomic E-state index is 0.0595. The van der Waals surface area contributed by atoms with Gasteiger partial charge in [0.05, 0.1) is 18.1 Å². The van der Waals surface area contributed by atoms with E-state index in [0.29, 0.717) is 24.1 Å². The molecular weight excluding hydrogens is 352 g/mol. The molecule has 0 spiro atoms. The average Bonchev–Trinajstić information content (AvgIpc) is 2.63. The number of methoxy groups -OCH3 is 1. The van der Waals surface area contributed by atoms with Crippen LogP contribution in [0, 0.1) is 0 Å². The summed E-state index contributed by atoms with van der Waals surface area (Å²) < 4.78 is 5.29. The molecule has 9 heteroatoms. The van der Waals surface area contributed by atoms with Crippen LogP contribution >= 0.6 is 11.8 Å². The van der Waals surface area contributed by atoms with Crippen LogP contribution in [-0.4, -0.2) is 47.3 Å². The van der Waals surface area contributed by atoms with E-state index in [9.17, 15) is 4.79 Å². The Morgan fingerprint density at radius 2 is 2.04 bits per heavy atom. The fourth-order valence-corrected chi connectivity index (χ4v) is 2.90. The first-order valence-electron chi connectivity index (χ1n) is 8.09. The molecule has 3 N–H and O–H groups in total. The van der Waals surface area contributed by atoms with Crippen LogP contribution in [-0.2, 0) is 17.1 Å². The summed E-state index contributed by atoms with van der Waals surface area (Å²) in [6, 6.07) is 7.60. The van der Waals surface area contributed by atoms with Gasteiger partial charge in [0.1, 0.15) is 11.6 Å². The van der Waals surface area contributed by atoms with Gasteiger partial charge in [0.25, 0.3) is 0 Å². The third-order valence-electron chi connectivity index (χ3n) is 3.56. The maximum Gasteiger partial charge on any atom is 0.233 e. The number of nitrogen functional groups attached to an aromatic ring is 1. The summed E-state index contributed by atoms with van der Waals surface area (Å²) in [5.74, 6) is 2.39. The monoisotopic (exact) mass is 376 g/mol. The van der Waals surface area contributed by atoms with Crippen LogP contribution in [0.4, 0.5) is 11.9 Å². The van der Waals surface area contributed by atoms with Gasteiger partial charge in [-0.3, -0.25) is 4.79 Å². The Hall–Kier alpha value is -2.55. The number of para-hydroxylation sites is 1. The van der Waals surface area contributed by atoms with Crippen molar-refractivity contribution >= 4 is 29.6 Å². The Balaban J connectivity index is 1.89. The molecule has 2 aromatic rings. The summed E-state index contributed by atoms with van der Waals surface area (Å²) >= 11 is 1.44. The first-order chi connectivity index (χ1) is 12.4. The van der Waals surface area contributed by atoms with Crippen LogP contribution < -0.4 is 20.7 Å². The van der Waals surface area contributed by atoms with Gasteiger partial charge in [0.15, 0.2) is 0 Å². The molecule has 0 aliphatic heterocycles. The summed E-state index contributed by atoms with van der Waals surface area (Å²) in [5, 5.41) is 2.67. The number of hydrogen-bond acceptors (Lipinski definition) is 8. The normalized spacial score (nSPS) is 11.7. The lowest BCUT2D eigenvalue weighted by Crippen LogP contribution is -2.30. The molecule has 0 saturated carbocycles. The molecule has 140 valence electrons. The van der Waals surface area contributed by atoms with Crippen molar-refractivity contribution in [3.8, 4) is 5.75 Å². The number of amides is 1. The van der Waals surface area contributed by atoms with E-state index in [-0.39, 0.29) is 17.1 Å². The number of ether oxygens (including phenoxy) is 1. The highest BCUT2D eigenvalue weighted by atomic mass is 32.2. The molecule has 0 fully saturated rings. The van der Waals surface area contributed by atoms with Crippen molar-refractivity contribution in [3.63, 3.8) is 0 Å². The highest BCUT2D eigenvalue weighted by Gasteiger charge is 2.15. The average molecular weight is 376 g/mol. The molecular formula is C17H24N6O2S. The van der Waals surface area contributed by atoms with Crippen LogP contribution in [0.25, 0.3) is 0 Å². The molecule has 0 radical (unpaired) electrons. The van der Waals surface area contributed by atoms with Crippen molar-refractivity contribution in [1.82, 2.24) is 20.3 Å². The Labute approximate surface area is 157 Å². The molecule has 0 bridgehead atoms. The predicted molar refractivity (Wildman–Crippen MR) is 104 cm³/mol. The number of thioether (sulfide) groups is 1. The Kier molecular flexibility index (Phi) is 7.02. The topological polar surface area (TPSA) is 106 Å². The van der Waals surface area contributed by atoms with Gasteiger partial charge in [-0.2, -0.15) is 15.0 Å². The molecule has 1 aromatic heterocycles. The predicted octanol–water partition coefficient (Wildman–Crippen LogP) is 1.47. The zero-order valence-electron chi connectivity index (χ0n) is 15.4. The van der Waals surface area contributed by atoms with Crippen molar-refractivity contribution < 1.29 is 9.53 Å². The maximum absolute atomic E-state index is 12.3. The van der Waals surface area contributed by atoms with Crippen molar-refractivity contribution in [2.45, 2.75) is 24.5 Å². The summed E-state index contributed by atoms with van der Waals surface area (Å²) in [4.78, 5) is 26.6. The summed E-state index contributed by atoms with van der Waals surface area (Å²) in [6.45, 7) is 2.26. The number of nitrogens with zero attached hydrogens (tertiary/aromatic N) is 4. The fourth-order valence-electron chi connectivity index (χ4n) is 2.14. The van der Waals surface area contributed by atoms with Crippen LogP contribution in [0.2, 0.25) is 0 Å². The number of anilines is 2. The van der Waals surface area contributed by atoms with E-state index in [2.05, 4.69) is 20.3 Å². The minimum Gasteiger partial charge on any atom is -0.496 e. The maximum atomic E-state index is 12.3. The van der Waals surface area contributed by atoms with Crippen molar-refractivity contribution in [3.05, 3.63) is 35.7 Å². The zero-order chi connectivity index (χ0) is 19.1. The van der Waals surface area contributed by atoms with Gasteiger partial charge < -0.3 is 20.7 Å². The summed E-state index contributed by atoms with van der Waals surface area (Å²) in [6.07, 6.45) is 0. The number of aromatic nitrogens is 3. The Morgan fingerprint density at radius 1 is 1.31 bits per heavy atom. The molecule has 2 rings (SSSR count). The van der Waals surface area contributed by atoms with Gasteiger partial charge in [0.2, 0.25) is 17.8 Å². The molecule has 1 aromatic carbocycles. The van der Waals surface area contributed by atoms with E-state index in [1.807, 2.05) is 45.3 Å². The minimum atomic E-state index is -0.259. The van der Waals surface area contributed by atoms with Gasteiger partial charge in [0, 0.05) is 26.2 Å². The van der Waals surface area contributed by atoms with Crippen molar-refractivity contribution in [2.75, 3.05) is 31.8 Å². The first kappa shape index (κ1) is 19.8. The molecule has 0 unspecified atom stereocenters. The van der Waals surface area contributed by atoms with Gasteiger partial charge >= 0.3 is 0 Å².